The lowest BCUT2D eigenvalue weighted by molar-refractivity contribution is 0.628. The molecule has 0 amide bonds. The van der Waals surface area contributed by atoms with E-state index in [0.717, 1.165) is 20.8 Å². The third-order valence-corrected chi connectivity index (χ3v) is 3.74. The second-order valence-electron chi connectivity index (χ2n) is 3.64. The first kappa shape index (κ1) is 10.7. The number of nitrogens with zero attached hydrogens (tertiary/aromatic N) is 1. The van der Waals surface area contributed by atoms with Crippen LogP contribution in [0.2, 0.25) is 5.02 Å². The van der Waals surface area contributed by atoms with Gasteiger partial charge in [0, 0.05) is 10.6 Å². The molecule has 84 valence electrons. The van der Waals surface area contributed by atoms with Crippen LogP contribution in [-0.4, -0.2) is 4.98 Å². The lowest BCUT2D eigenvalue weighted by atomic mass is 10.2. The van der Waals surface area contributed by atoms with Crippen molar-refractivity contribution in [3.05, 3.63) is 53.3 Å². The Morgan fingerprint density at radius 2 is 2.00 bits per heavy atom. The fourth-order valence-corrected chi connectivity index (χ4v) is 2.75. The van der Waals surface area contributed by atoms with Gasteiger partial charge in [-0.15, -0.1) is 11.3 Å². The molecular formula is C13H7ClFNS. The fraction of sp³-hybridized carbons (Fsp3) is 0. The Kier molecular flexibility index (Phi) is 2.57. The minimum atomic E-state index is -0.250. The first-order valence-electron chi connectivity index (χ1n) is 5.04. The predicted molar refractivity (Wildman–Crippen MR) is 70.0 cm³/mol. The quantitative estimate of drug-likeness (QED) is 0.617. The van der Waals surface area contributed by atoms with Crippen molar-refractivity contribution in [2.45, 2.75) is 0 Å². The molecule has 0 aliphatic rings. The number of rotatable bonds is 1. The predicted octanol–water partition coefficient (Wildman–Crippen LogP) is 4.76. The lowest BCUT2D eigenvalue weighted by Crippen LogP contribution is -1.77. The molecule has 3 rings (SSSR count). The van der Waals surface area contributed by atoms with E-state index in [4.69, 9.17) is 11.6 Å². The Morgan fingerprint density at radius 3 is 2.82 bits per heavy atom. The van der Waals surface area contributed by atoms with Crippen molar-refractivity contribution < 1.29 is 4.39 Å². The van der Waals surface area contributed by atoms with Gasteiger partial charge in [0.2, 0.25) is 0 Å². The third-order valence-electron chi connectivity index (χ3n) is 2.42. The van der Waals surface area contributed by atoms with Crippen LogP contribution >= 0.6 is 22.9 Å². The molecule has 0 radical (unpaired) electrons. The van der Waals surface area contributed by atoms with Gasteiger partial charge in [-0.3, -0.25) is 0 Å². The molecule has 0 fully saturated rings. The molecule has 0 bridgehead atoms. The van der Waals surface area contributed by atoms with Crippen LogP contribution in [0.5, 0.6) is 0 Å². The van der Waals surface area contributed by atoms with Crippen LogP contribution in [0.15, 0.2) is 42.5 Å². The summed E-state index contributed by atoms with van der Waals surface area (Å²) in [5, 5.41) is 1.47. The van der Waals surface area contributed by atoms with Crippen molar-refractivity contribution in [1.29, 1.82) is 0 Å². The summed E-state index contributed by atoms with van der Waals surface area (Å²) >= 11 is 7.44. The molecule has 17 heavy (non-hydrogen) atoms. The summed E-state index contributed by atoms with van der Waals surface area (Å²) in [4.78, 5) is 4.45. The van der Waals surface area contributed by atoms with Gasteiger partial charge in [0.15, 0.2) is 0 Å². The van der Waals surface area contributed by atoms with E-state index in [1.165, 1.54) is 23.5 Å². The van der Waals surface area contributed by atoms with Crippen LogP contribution in [0, 0.1) is 5.82 Å². The summed E-state index contributed by atoms with van der Waals surface area (Å²) in [5.74, 6) is -0.250. The van der Waals surface area contributed by atoms with E-state index in [2.05, 4.69) is 4.98 Å². The molecule has 0 aliphatic carbocycles. The Bertz CT molecular complexity index is 693. The topological polar surface area (TPSA) is 12.9 Å². The molecule has 3 aromatic rings. The van der Waals surface area contributed by atoms with E-state index >= 15 is 0 Å². The van der Waals surface area contributed by atoms with Crippen molar-refractivity contribution in [3.8, 4) is 10.6 Å². The van der Waals surface area contributed by atoms with Crippen LogP contribution in [0.1, 0.15) is 0 Å². The van der Waals surface area contributed by atoms with E-state index in [9.17, 15) is 4.39 Å². The first-order valence-corrected chi connectivity index (χ1v) is 6.24. The highest BCUT2D eigenvalue weighted by molar-refractivity contribution is 7.21. The third kappa shape index (κ3) is 2.04. The second-order valence-corrected chi connectivity index (χ2v) is 5.11. The van der Waals surface area contributed by atoms with E-state index in [1.807, 2.05) is 24.3 Å². The van der Waals surface area contributed by atoms with Crippen LogP contribution in [0.4, 0.5) is 4.39 Å². The standard InChI is InChI=1S/C13H7ClFNS/c14-9-4-5-12-11(7-9)16-13(17-12)8-2-1-3-10(15)6-8/h1-7H. The van der Waals surface area contributed by atoms with E-state index in [1.54, 1.807) is 6.07 Å². The molecule has 0 atom stereocenters. The number of halogens is 2. The number of benzene rings is 2. The minimum absolute atomic E-state index is 0.250. The van der Waals surface area contributed by atoms with Crippen LogP contribution < -0.4 is 0 Å². The van der Waals surface area contributed by atoms with Gasteiger partial charge in [0.05, 0.1) is 10.2 Å². The summed E-state index contributed by atoms with van der Waals surface area (Å²) in [6.45, 7) is 0. The number of hydrogen-bond donors (Lipinski definition) is 0. The Morgan fingerprint density at radius 1 is 1.12 bits per heavy atom. The molecule has 0 saturated carbocycles. The van der Waals surface area contributed by atoms with E-state index in [-0.39, 0.29) is 5.82 Å². The largest absolute Gasteiger partial charge is 0.236 e. The maximum Gasteiger partial charge on any atom is 0.124 e. The molecule has 0 aliphatic heterocycles. The average Bonchev–Trinajstić information content (AvgIpc) is 2.72. The van der Waals surface area contributed by atoms with E-state index in [0.29, 0.717) is 5.02 Å². The second kappa shape index (κ2) is 4.09. The Hall–Kier alpha value is -1.45. The Balaban J connectivity index is 2.18. The average molecular weight is 264 g/mol. The monoisotopic (exact) mass is 263 g/mol. The molecule has 4 heteroatoms. The van der Waals surface area contributed by atoms with Crippen molar-refractivity contribution in [1.82, 2.24) is 4.98 Å². The summed E-state index contributed by atoms with van der Waals surface area (Å²) in [6, 6.07) is 12.0. The van der Waals surface area contributed by atoms with Gasteiger partial charge < -0.3 is 0 Å². The van der Waals surface area contributed by atoms with Gasteiger partial charge in [-0.05, 0) is 30.3 Å². The highest BCUT2D eigenvalue weighted by Crippen LogP contribution is 2.31. The molecule has 1 nitrogen and oxygen atoms in total. The molecule has 0 spiro atoms. The van der Waals surface area contributed by atoms with Crippen LogP contribution in [-0.2, 0) is 0 Å². The number of fused-ring (bicyclic) bond motifs is 1. The fourth-order valence-electron chi connectivity index (χ4n) is 1.65. The normalized spacial score (nSPS) is 10.9. The molecule has 2 aromatic carbocycles. The summed E-state index contributed by atoms with van der Waals surface area (Å²) in [7, 11) is 0. The molecular weight excluding hydrogens is 257 g/mol. The molecule has 1 heterocycles. The summed E-state index contributed by atoms with van der Waals surface area (Å²) in [5.41, 5.74) is 1.64. The molecule has 0 N–H and O–H groups in total. The number of aromatic nitrogens is 1. The maximum absolute atomic E-state index is 13.1. The summed E-state index contributed by atoms with van der Waals surface area (Å²) in [6.07, 6.45) is 0. The zero-order chi connectivity index (χ0) is 11.8. The SMILES string of the molecule is Fc1cccc(-c2nc3cc(Cl)ccc3s2)c1. The Labute approximate surface area is 106 Å². The zero-order valence-corrected chi connectivity index (χ0v) is 10.2. The van der Waals surface area contributed by atoms with Crippen molar-refractivity contribution in [2.75, 3.05) is 0 Å². The molecule has 1 aromatic heterocycles. The van der Waals surface area contributed by atoms with E-state index < -0.39 is 0 Å². The zero-order valence-electron chi connectivity index (χ0n) is 8.65. The highest BCUT2D eigenvalue weighted by atomic mass is 35.5. The number of hydrogen-bond acceptors (Lipinski definition) is 2. The molecule has 0 saturated heterocycles. The van der Waals surface area contributed by atoms with Gasteiger partial charge in [-0.2, -0.15) is 0 Å². The van der Waals surface area contributed by atoms with Gasteiger partial charge in [-0.25, -0.2) is 9.37 Å². The minimum Gasteiger partial charge on any atom is -0.236 e. The number of thiazole rings is 1. The van der Waals surface area contributed by atoms with Crippen LogP contribution in [0.25, 0.3) is 20.8 Å². The lowest BCUT2D eigenvalue weighted by Gasteiger charge is -1.94. The smallest absolute Gasteiger partial charge is 0.124 e. The summed E-state index contributed by atoms with van der Waals surface area (Å²) < 4.78 is 14.2. The highest BCUT2D eigenvalue weighted by Gasteiger charge is 2.07. The first-order chi connectivity index (χ1) is 8.22. The van der Waals surface area contributed by atoms with Gasteiger partial charge in [0.1, 0.15) is 10.8 Å². The van der Waals surface area contributed by atoms with Crippen molar-refractivity contribution in [2.24, 2.45) is 0 Å². The van der Waals surface area contributed by atoms with Gasteiger partial charge in [0.25, 0.3) is 0 Å². The van der Waals surface area contributed by atoms with Crippen molar-refractivity contribution >= 4 is 33.2 Å². The van der Waals surface area contributed by atoms with Crippen molar-refractivity contribution in [3.63, 3.8) is 0 Å². The van der Waals surface area contributed by atoms with Gasteiger partial charge in [-0.1, -0.05) is 23.7 Å². The van der Waals surface area contributed by atoms with Gasteiger partial charge >= 0.3 is 0 Å². The molecule has 0 unspecified atom stereocenters. The van der Waals surface area contributed by atoms with Crippen LogP contribution in [0.3, 0.4) is 0 Å². The maximum atomic E-state index is 13.1.